The van der Waals surface area contributed by atoms with Gasteiger partial charge in [0, 0.05) is 0 Å². The predicted molar refractivity (Wildman–Crippen MR) is 71.4 cm³/mol. The van der Waals surface area contributed by atoms with E-state index < -0.39 is 5.60 Å². The normalized spacial score (nSPS) is 35.1. The molecule has 2 unspecified atom stereocenters. The van der Waals surface area contributed by atoms with Crippen LogP contribution in [-0.2, 0) is 4.74 Å². The molecule has 0 aromatic heterocycles. The molecule has 4 nitrogen and oxygen atoms in total. The highest BCUT2D eigenvalue weighted by atomic mass is 16.6. The fourth-order valence-electron chi connectivity index (χ4n) is 3.11. The quantitative estimate of drug-likeness (QED) is 0.740. The van der Waals surface area contributed by atoms with Crippen molar-refractivity contribution in [1.29, 1.82) is 0 Å². The first-order valence-electron chi connectivity index (χ1n) is 6.69. The average molecular weight is 252 g/mol. The van der Waals surface area contributed by atoms with E-state index in [1.807, 2.05) is 26.8 Å². The first-order chi connectivity index (χ1) is 8.34. The summed E-state index contributed by atoms with van der Waals surface area (Å²) in [5.74, 6) is 1.30. The summed E-state index contributed by atoms with van der Waals surface area (Å²) >= 11 is 0. The van der Waals surface area contributed by atoms with E-state index in [0.29, 0.717) is 11.8 Å². The molecular formula is C14H24N2O2. The van der Waals surface area contributed by atoms with Gasteiger partial charge in [-0.25, -0.2) is 4.79 Å². The Kier molecular flexibility index (Phi) is 3.41. The lowest BCUT2D eigenvalue weighted by Gasteiger charge is -2.29. The zero-order valence-corrected chi connectivity index (χ0v) is 11.6. The van der Waals surface area contributed by atoms with Crippen LogP contribution in [0.25, 0.3) is 0 Å². The average Bonchev–Trinajstić information content (AvgIpc) is 2.72. The number of ether oxygens (including phenoxy) is 1. The summed E-state index contributed by atoms with van der Waals surface area (Å²) in [5.41, 5.74) is -0.734. The van der Waals surface area contributed by atoms with E-state index in [4.69, 9.17) is 4.74 Å². The predicted octanol–water partition coefficient (Wildman–Crippen LogP) is 2.07. The molecule has 2 aliphatic rings. The summed E-state index contributed by atoms with van der Waals surface area (Å²) in [5, 5.41) is 6.42. The van der Waals surface area contributed by atoms with Gasteiger partial charge in [-0.15, -0.1) is 6.58 Å². The molecule has 102 valence electrons. The Morgan fingerprint density at radius 2 is 1.94 bits per heavy atom. The van der Waals surface area contributed by atoms with Gasteiger partial charge in [0.05, 0.1) is 5.54 Å². The number of hydrogen-bond donors (Lipinski definition) is 2. The SMILES string of the molecule is C=CC1(NC(=O)OC(C)(C)C)CC2CNCC2C1. The van der Waals surface area contributed by atoms with E-state index in [2.05, 4.69) is 17.2 Å². The molecule has 1 aliphatic carbocycles. The third-order valence-corrected chi connectivity index (χ3v) is 3.87. The highest BCUT2D eigenvalue weighted by Gasteiger charge is 2.46. The Hall–Kier alpha value is -1.03. The summed E-state index contributed by atoms with van der Waals surface area (Å²) in [4.78, 5) is 11.9. The van der Waals surface area contributed by atoms with Crippen LogP contribution in [0.5, 0.6) is 0 Å². The molecule has 1 aliphatic heterocycles. The lowest BCUT2D eigenvalue weighted by Crippen LogP contribution is -2.47. The number of carbonyl (C=O) groups excluding carboxylic acids is 1. The van der Waals surface area contributed by atoms with Gasteiger partial charge >= 0.3 is 6.09 Å². The van der Waals surface area contributed by atoms with Crippen molar-refractivity contribution in [2.75, 3.05) is 13.1 Å². The van der Waals surface area contributed by atoms with Crippen LogP contribution in [0.1, 0.15) is 33.6 Å². The number of rotatable bonds is 2. The van der Waals surface area contributed by atoms with E-state index in [-0.39, 0.29) is 11.6 Å². The van der Waals surface area contributed by atoms with E-state index in [1.54, 1.807) is 0 Å². The zero-order valence-electron chi connectivity index (χ0n) is 11.6. The Morgan fingerprint density at radius 1 is 1.39 bits per heavy atom. The molecule has 2 atom stereocenters. The van der Waals surface area contributed by atoms with Crippen LogP contribution in [0.15, 0.2) is 12.7 Å². The molecular weight excluding hydrogens is 228 g/mol. The fourth-order valence-corrected chi connectivity index (χ4v) is 3.11. The standard InChI is InChI=1S/C14H24N2O2/c1-5-14(16-12(17)18-13(2,3)4)6-10-8-15-9-11(10)7-14/h5,10-11,15H,1,6-9H2,2-4H3,(H,16,17). The lowest BCUT2D eigenvalue weighted by molar-refractivity contribution is 0.0476. The third kappa shape index (κ3) is 2.86. The highest BCUT2D eigenvalue weighted by Crippen LogP contribution is 2.42. The van der Waals surface area contributed by atoms with Crippen molar-refractivity contribution < 1.29 is 9.53 Å². The van der Waals surface area contributed by atoms with Gasteiger partial charge in [-0.05, 0) is 58.5 Å². The van der Waals surface area contributed by atoms with Gasteiger partial charge in [0.15, 0.2) is 0 Å². The Morgan fingerprint density at radius 3 is 2.39 bits per heavy atom. The Bertz CT molecular complexity index is 334. The molecule has 2 fully saturated rings. The van der Waals surface area contributed by atoms with Crippen molar-refractivity contribution in [2.24, 2.45) is 11.8 Å². The van der Waals surface area contributed by atoms with Crippen LogP contribution in [0, 0.1) is 11.8 Å². The Balaban J connectivity index is 1.98. The van der Waals surface area contributed by atoms with Gasteiger partial charge in [0.25, 0.3) is 0 Å². The molecule has 1 heterocycles. The number of amides is 1. The second-order valence-electron chi connectivity index (χ2n) is 6.57. The highest BCUT2D eigenvalue weighted by molar-refractivity contribution is 5.69. The number of carbonyl (C=O) groups is 1. The van der Waals surface area contributed by atoms with Crippen molar-refractivity contribution in [3.8, 4) is 0 Å². The summed E-state index contributed by atoms with van der Waals surface area (Å²) < 4.78 is 5.34. The lowest BCUT2D eigenvalue weighted by atomic mass is 9.96. The monoisotopic (exact) mass is 252 g/mol. The zero-order chi connectivity index (χ0) is 13.4. The van der Waals surface area contributed by atoms with Crippen molar-refractivity contribution in [3.05, 3.63) is 12.7 Å². The third-order valence-electron chi connectivity index (χ3n) is 3.87. The molecule has 4 heteroatoms. The fraction of sp³-hybridized carbons (Fsp3) is 0.786. The van der Waals surface area contributed by atoms with Crippen molar-refractivity contribution in [3.63, 3.8) is 0 Å². The number of hydrogen-bond acceptors (Lipinski definition) is 3. The van der Waals surface area contributed by atoms with Gasteiger partial charge in [-0.3, -0.25) is 0 Å². The summed E-state index contributed by atoms with van der Waals surface area (Å²) in [6.45, 7) is 11.6. The van der Waals surface area contributed by atoms with Crippen LogP contribution in [0.2, 0.25) is 0 Å². The molecule has 1 amide bonds. The molecule has 0 aromatic rings. The number of nitrogens with one attached hydrogen (secondary N) is 2. The summed E-state index contributed by atoms with van der Waals surface area (Å²) in [6, 6.07) is 0. The summed E-state index contributed by atoms with van der Waals surface area (Å²) in [7, 11) is 0. The van der Waals surface area contributed by atoms with Crippen molar-refractivity contribution >= 4 is 6.09 Å². The molecule has 0 spiro atoms. The maximum atomic E-state index is 11.9. The second-order valence-corrected chi connectivity index (χ2v) is 6.57. The van der Waals surface area contributed by atoms with Gasteiger partial charge in [-0.1, -0.05) is 6.08 Å². The van der Waals surface area contributed by atoms with Crippen LogP contribution in [-0.4, -0.2) is 30.3 Å². The number of alkyl carbamates (subject to hydrolysis) is 1. The molecule has 2 N–H and O–H groups in total. The molecule has 0 aromatic carbocycles. The van der Waals surface area contributed by atoms with Crippen LogP contribution >= 0.6 is 0 Å². The first-order valence-corrected chi connectivity index (χ1v) is 6.69. The first kappa shape index (κ1) is 13.4. The van der Waals surface area contributed by atoms with Gasteiger partial charge in [0.2, 0.25) is 0 Å². The van der Waals surface area contributed by atoms with E-state index >= 15 is 0 Å². The van der Waals surface area contributed by atoms with Gasteiger partial charge in [0.1, 0.15) is 5.60 Å². The minimum atomic E-state index is -0.456. The maximum absolute atomic E-state index is 11.9. The largest absolute Gasteiger partial charge is 0.444 e. The van der Waals surface area contributed by atoms with Crippen LogP contribution in [0.4, 0.5) is 4.79 Å². The number of fused-ring (bicyclic) bond motifs is 1. The second kappa shape index (κ2) is 4.57. The molecule has 2 rings (SSSR count). The maximum Gasteiger partial charge on any atom is 0.408 e. The topological polar surface area (TPSA) is 50.4 Å². The van der Waals surface area contributed by atoms with Gasteiger partial charge < -0.3 is 15.4 Å². The Labute approximate surface area is 109 Å². The summed E-state index contributed by atoms with van der Waals surface area (Å²) in [6.07, 6.45) is 3.48. The molecule has 18 heavy (non-hydrogen) atoms. The minimum Gasteiger partial charge on any atom is -0.444 e. The van der Waals surface area contributed by atoms with Crippen molar-refractivity contribution in [1.82, 2.24) is 10.6 Å². The molecule has 0 bridgehead atoms. The van der Waals surface area contributed by atoms with E-state index in [1.165, 1.54) is 0 Å². The van der Waals surface area contributed by atoms with Crippen LogP contribution in [0.3, 0.4) is 0 Å². The van der Waals surface area contributed by atoms with Gasteiger partial charge in [-0.2, -0.15) is 0 Å². The molecule has 1 saturated heterocycles. The molecule has 1 saturated carbocycles. The smallest absolute Gasteiger partial charge is 0.408 e. The van der Waals surface area contributed by atoms with Crippen molar-refractivity contribution in [2.45, 2.75) is 44.8 Å². The van der Waals surface area contributed by atoms with Crippen LogP contribution < -0.4 is 10.6 Å². The van der Waals surface area contributed by atoms with E-state index in [9.17, 15) is 4.79 Å². The molecule has 0 radical (unpaired) electrons. The minimum absolute atomic E-state index is 0.278. The van der Waals surface area contributed by atoms with E-state index in [0.717, 1.165) is 25.9 Å².